The van der Waals surface area contributed by atoms with Crippen molar-refractivity contribution >= 4 is 23.1 Å². The van der Waals surface area contributed by atoms with Gasteiger partial charge in [-0.3, -0.25) is 9.98 Å². The highest BCUT2D eigenvalue weighted by molar-refractivity contribution is 5.84. The average Bonchev–Trinajstić information content (AvgIpc) is 2.80. The molecule has 168 valence electrons. The molecule has 0 saturated carbocycles. The molecule has 1 aromatic heterocycles. The summed E-state index contributed by atoms with van der Waals surface area (Å²) in [6.07, 6.45) is 4.82. The molecule has 0 amide bonds. The molecule has 0 atom stereocenters. The first-order valence-electron chi connectivity index (χ1n) is 11.4. The van der Waals surface area contributed by atoms with Gasteiger partial charge in [0.2, 0.25) is 0 Å². The molecule has 0 saturated heterocycles. The minimum absolute atomic E-state index is 0.475. The van der Waals surface area contributed by atoms with E-state index < -0.39 is 0 Å². The molecular weight excluding hydrogens is 380 g/mol. The Kier molecular flexibility index (Phi) is 11.5. The predicted octanol–water partition coefficient (Wildman–Crippen LogP) is 7.24. The molecule has 0 aliphatic heterocycles. The van der Waals surface area contributed by atoms with E-state index >= 15 is 0 Å². The Morgan fingerprint density at radius 2 is 1.58 bits per heavy atom. The van der Waals surface area contributed by atoms with Gasteiger partial charge in [0.15, 0.2) is 0 Å². The fraction of sp³-hybridized carbons (Fsp3) is 0.444. The second kappa shape index (κ2) is 13.5. The molecule has 3 rings (SSSR count). The van der Waals surface area contributed by atoms with Crippen LogP contribution >= 0.6 is 0 Å². The van der Waals surface area contributed by atoms with Gasteiger partial charge in [-0.25, -0.2) is 4.98 Å². The van der Waals surface area contributed by atoms with Crippen LogP contribution < -0.4 is 5.32 Å². The Morgan fingerprint density at radius 3 is 2.13 bits per heavy atom. The highest BCUT2D eigenvalue weighted by Crippen LogP contribution is 2.23. The third kappa shape index (κ3) is 7.16. The SMILES string of the molecule is CC.CCc1cccc(C(C)C)c1C=NC.CNc1cnc2c(C(C)C)cccc2n1. The average molecular weight is 421 g/mol. The maximum absolute atomic E-state index is 4.46. The number of aryl methyl sites for hydroxylation is 1. The Morgan fingerprint density at radius 1 is 0.968 bits per heavy atom. The number of hydrogen-bond donors (Lipinski definition) is 1. The third-order valence-electron chi connectivity index (χ3n) is 4.97. The zero-order chi connectivity index (χ0) is 23.4. The Bertz CT molecular complexity index is 959. The minimum Gasteiger partial charge on any atom is -0.372 e. The quantitative estimate of drug-likeness (QED) is 0.442. The summed E-state index contributed by atoms with van der Waals surface area (Å²) in [5.41, 5.74) is 7.31. The van der Waals surface area contributed by atoms with E-state index in [0.29, 0.717) is 11.8 Å². The first-order chi connectivity index (χ1) is 14.9. The number of aromatic nitrogens is 2. The smallest absolute Gasteiger partial charge is 0.144 e. The van der Waals surface area contributed by atoms with E-state index in [-0.39, 0.29) is 0 Å². The van der Waals surface area contributed by atoms with E-state index in [1.54, 1.807) is 6.20 Å². The molecular formula is C27H40N4. The number of anilines is 1. The summed E-state index contributed by atoms with van der Waals surface area (Å²) in [7, 11) is 3.68. The summed E-state index contributed by atoms with van der Waals surface area (Å²) in [5, 5.41) is 2.99. The van der Waals surface area contributed by atoms with E-state index in [0.717, 1.165) is 23.3 Å². The largest absolute Gasteiger partial charge is 0.372 e. The highest BCUT2D eigenvalue weighted by atomic mass is 15.0. The number of benzene rings is 2. The van der Waals surface area contributed by atoms with Crippen molar-refractivity contribution in [2.75, 3.05) is 19.4 Å². The number of rotatable bonds is 5. The Balaban J connectivity index is 0.000000288. The number of hydrogen-bond acceptors (Lipinski definition) is 4. The monoisotopic (exact) mass is 420 g/mol. The fourth-order valence-corrected chi connectivity index (χ4v) is 3.38. The van der Waals surface area contributed by atoms with Gasteiger partial charge in [-0.15, -0.1) is 0 Å². The minimum atomic E-state index is 0.475. The topological polar surface area (TPSA) is 50.2 Å². The van der Waals surface area contributed by atoms with Gasteiger partial charge < -0.3 is 5.32 Å². The van der Waals surface area contributed by atoms with Crippen LogP contribution in [0.2, 0.25) is 0 Å². The highest BCUT2D eigenvalue weighted by Gasteiger charge is 2.08. The third-order valence-corrected chi connectivity index (χ3v) is 4.97. The number of aliphatic imine (C=N–C) groups is 1. The van der Waals surface area contributed by atoms with Crippen LogP contribution in [0.25, 0.3) is 11.0 Å². The molecule has 31 heavy (non-hydrogen) atoms. The van der Waals surface area contributed by atoms with Gasteiger partial charge in [0.1, 0.15) is 5.82 Å². The molecule has 1 heterocycles. The van der Waals surface area contributed by atoms with Gasteiger partial charge in [-0.2, -0.15) is 0 Å². The molecule has 0 fully saturated rings. The molecule has 0 aliphatic rings. The lowest BCUT2D eigenvalue weighted by Gasteiger charge is -2.12. The van der Waals surface area contributed by atoms with Crippen LogP contribution in [-0.4, -0.2) is 30.3 Å². The Labute approximate surface area is 189 Å². The van der Waals surface area contributed by atoms with Crippen LogP contribution in [0.5, 0.6) is 0 Å². The molecule has 0 radical (unpaired) electrons. The standard InChI is InChI=1S/C13H19N.C12H15N3.C2H6/c1-5-11-7-6-8-12(10(2)3)13(11)9-14-4;1-8(2)9-5-4-6-10-12(9)14-7-11(13-3)15-10;1-2/h6-10H,5H2,1-4H3;4-8H,1-3H3,(H,13,15);1-2H3. The lowest BCUT2D eigenvalue weighted by atomic mass is 9.93. The zero-order valence-electron chi connectivity index (χ0n) is 20.8. The summed E-state index contributed by atoms with van der Waals surface area (Å²) in [6.45, 7) is 15.0. The first-order valence-corrected chi connectivity index (χ1v) is 11.4. The number of fused-ring (bicyclic) bond motifs is 1. The van der Waals surface area contributed by atoms with Crippen molar-refractivity contribution in [3.63, 3.8) is 0 Å². The van der Waals surface area contributed by atoms with Crippen molar-refractivity contribution in [2.24, 2.45) is 4.99 Å². The van der Waals surface area contributed by atoms with Crippen molar-refractivity contribution in [2.45, 2.75) is 66.7 Å². The molecule has 3 aromatic rings. The number of nitrogens with one attached hydrogen (secondary N) is 1. The van der Waals surface area contributed by atoms with Crippen LogP contribution in [0.4, 0.5) is 5.82 Å². The predicted molar refractivity (Wildman–Crippen MR) is 138 cm³/mol. The van der Waals surface area contributed by atoms with Gasteiger partial charge in [-0.1, -0.05) is 78.8 Å². The van der Waals surface area contributed by atoms with Crippen LogP contribution in [0.15, 0.2) is 47.6 Å². The molecule has 0 spiro atoms. The summed E-state index contributed by atoms with van der Waals surface area (Å²) in [4.78, 5) is 13.0. The maximum Gasteiger partial charge on any atom is 0.144 e. The molecule has 4 heteroatoms. The second-order valence-corrected chi connectivity index (χ2v) is 7.69. The van der Waals surface area contributed by atoms with Crippen LogP contribution in [0.1, 0.15) is 82.6 Å². The van der Waals surface area contributed by atoms with Gasteiger partial charge in [0.25, 0.3) is 0 Å². The van der Waals surface area contributed by atoms with Crippen molar-refractivity contribution in [3.8, 4) is 0 Å². The lowest BCUT2D eigenvalue weighted by Crippen LogP contribution is -2.00. The molecule has 0 bridgehead atoms. The van der Waals surface area contributed by atoms with E-state index in [2.05, 4.69) is 79.2 Å². The number of para-hydroxylation sites is 1. The number of nitrogens with zero attached hydrogens (tertiary/aromatic N) is 3. The van der Waals surface area contributed by atoms with Crippen molar-refractivity contribution in [1.29, 1.82) is 0 Å². The molecule has 2 aromatic carbocycles. The van der Waals surface area contributed by atoms with E-state index in [4.69, 9.17) is 0 Å². The van der Waals surface area contributed by atoms with Gasteiger partial charge in [0, 0.05) is 20.3 Å². The second-order valence-electron chi connectivity index (χ2n) is 7.69. The van der Waals surface area contributed by atoms with Gasteiger partial charge >= 0.3 is 0 Å². The van der Waals surface area contributed by atoms with Crippen LogP contribution in [0.3, 0.4) is 0 Å². The molecule has 0 unspecified atom stereocenters. The van der Waals surface area contributed by atoms with Crippen molar-refractivity contribution < 1.29 is 0 Å². The van der Waals surface area contributed by atoms with E-state index in [1.165, 1.54) is 22.3 Å². The van der Waals surface area contributed by atoms with Crippen molar-refractivity contribution in [3.05, 3.63) is 64.8 Å². The normalized spacial score (nSPS) is 10.7. The molecule has 4 nitrogen and oxygen atoms in total. The summed E-state index contributed by atoms with van der Waals surface area (Å²) in [6, 6.07) is 12.7. The maximum atomic E-state index is 4.46. The van der Waals surface area contributed by atoms with Crippen LogP contribution in [0, 0.1) is 0 Å². The summed E-state index contributed by atoms with van der Waals surface area (Å²) in [5.74, 6) is 1.85. The van der Waals surface area contributed by atoms with Gasteiger partial charge in [0.05, 0.1) is 17.2 Å². The van der Waals surface area contributed by atoms with E-state index in [9.17, 15) is 0 Å². The van der Waals surface area contributed by atoms with E-state index in [1.807, 2.05) is 46.3 Å². The Hall–Kier alpha value is -2.75. The zero-order valence-corrected chi connectivity index (χ0v) is 20.8. The summed E-state index contributed by atoms with van der Waals surface area (Å²) < 4.78 is 0. The first kappa shape index (κ1) is 26.3. The lowest BCUT2D eigenvalue weighted by molar-refractivity contribution is 0.860. The van der Waals surface area contributed by atoms with Gasteiger partial charge in [-0.05, 0) is 46.6 Å². The van der Waals surface area contributed by atoms with Crippen LogP contribution in [-0.2, 0) is 6.42 Å². The van der Waals surface area contributed by atoms with Crippen molar-refractivity contribution in [1.82, 2.24) is 9.97 Å². The molecule has 1 N–H and O–H groups in total. The summed E-state index contributed by atoms with van der Waals surface area (Å²) >= 11 is 0. The fourth-order valence-electron chi connectivity index (χ4n) is 3.38. The molecule has 0 aliphatic carbocycles.